The number of esters is 1. The molecule has 1 fully saturated rings. The number of nitrogens with zero attached hydrogens (tertiary/aromatic N) is 1. The first-order valence-corrected chi connectivity index (χ1v) is 7.39. The van der Waals surface area contributed by atoms with Crippen LogP contribution in [0.1, 0.15) is 28.4 Å². The minimum atomic E-state index is -0.281. The molecule has 1 atom stereocenters. The summed E-state index contributed by atoms with van der Waals surface area (Å²) in [5.74, 6) is -0.249. The van der Waals surface area contributed by atoms with Crippen molar-refractivity contribution < 1.29 is 14.3 Å². The number of morpholine rings is 1. The van der Waals surface area contributed by atoms with Gasteiger partial charge in [0.2, 0.25) is 0 Å². The van der Waals surface area contributed by atoms with Crippen LogP contribution >= 0.6 is 0 Å². The van der Waals surface area contributed by atoms with E-state index in [1.165, 1.54) is 16.7 Å². The molecule has 0 N–H and O–H groups in total. The number of hydrogen-bond acceptors (Lipinski definition) is 4. The normalized spacial score (nSPS) is 22.2. The van der Waals surface area contributed by atoms with E-state index in [-0.39, 0.29) is 12.1 Å². The molecule has 4 nitrogen and oxygen atoms in total. The van der Waals surface area contributed by atoms with Crippen LogP contribution in [-0.4, -0.2) is 37.2 Å². The number of carbonyl (C=O) groups excluding carboxylic acids is 1. The number of hydrogen-bond donors (Lipinski definition) is 0. The van der Waals surface area contributed by atoms with Gasteiger partial charge in [-0.15, -0.1) is 0 Å². The Kier molecular flexibility index (Phi) is 3.72. The van der Waals surface area contributed by atoms with E-state index in [9.17, 15) is 4.79 Å². The first kappa shape index (κ1) is 14.1. The Morgan fingerprint density at radius 1 is 1.10 bits per heavy atom. The molecule has 0 saturated carbocycles. The molecule has 1 saturated heterocycles. The molecular weight excluding hydrogens is 266 g/mol. The van der Waals surface area contributed by atoms with Crippen molar-refractivity contribution in [3.8, 4) is 0 Å². The Balaban J connectivity index is 1.97. The quantitative estimate of drug-likeness (QED) is 0.783. The van der Waals surface area contributed by atoms with E-state index in [1.807, 2.05) is 0 Å². The van der Waals surface area contributed by atoms with Crippen molar-refractivity contribution in [2.75, 3.05) is 26.3 Å². The molecule has 1 aromatic rings. The Morgan fingerprint density at radius 3 is 2.33 bits per heavy atom. The summed E-state index contributed by atoms with van der Waals surface area (Å²) in [4.78, 5) is 14.0. The van der Waals surface area contributed by atoms with Crippen LogP contribution < -0.4 is 0 Å². The topological polar surface area (TPSA) is 38.8 Å². The molecule has 21 heavy (non-hydrogen) atoms. The van der Waals surface area contributed by atoms with Crippen LogP contribution in [0.3, 0.4) is 0 Å². The fraction of sp³-hybridized carbons (Fsp3) is 0.471. The lowest BCUT2D eigenvalue weighted by atomic mass is 9.94. The van der Waals surface area contributed by atoms with E-state index in [4.69, 9.17) is 9.47 Å². The maximum absolute atomic E-state index is 11.8. The summed E-state index contributed by atoms with van der Waals surface area (Å²) in [6, 6.07) is 4.29. The molecule has 1 aromatic carbocycles. The van der Waals surface area contributed by atoms with Crippen LogP contribution in [0.4, 0.5) is 0 Å². The fourth-order valence-corrected chi connectivity index (χ4v) is 3.30. The largest absolute Gasteiger partial charge is 0.448 e. The SMILES string of the molecule is Cc1cc(C)c(C2OC(=O)C=C2N2CCOCC2)c(C)c1. The van der Waals surface area contributed by atoms with Crippen molar-refractivity contribution in [3.63, 3.8) is 0 Å². The van der Waals surface area contributed by atoms with E-state index in [0.29, 0.717) is 13.2 Å². The lowest BCUT2D eigenvalue weighted by Gasteiger charge is -2.32. The van der Waals surface area contributed by atoms with Gasteiger partial charge >= 0.3 is 5.97 Å². The Hall–Kier alpha value is -1.81. The molecule has 0 spiro atoms. The number of cyclic esters (lactones) is 1. The van der Waals surface area contributed by atoms with E-state index >= 15 is 0 Å². The van der Waals surface area contributed by atoms with Crippen molar-refractivity contribution in [1.82, 2.24) is 4.90 Å². The summed E-state index contributed by atoms with van der Waals surface area (Å²) in [5.41, 5.74) is 5.66. The van der Waals surface area contributed by atoms with Gasteiger partial charge in [-0.25, -0.2) is 4.79 Å². The smallest absolute Gasteiger partial charge is 0.333 e. The third-order valence-corrected chi connectivity index (χ3v) is 4.14. The van der Waals surface area contributed by atoms with Crippen LogP contribution in [0.25, 0.3) is 0 Å². The number of rotatable bonds is 2. The summed E-state index contributed by atoms with van der Waals surface area (Å²) in [6.07, 6.45) is 1.35. The van der Waals surface area contributed by atoms with Crippen molar-refractivity contribution in [2.45, 2.75) is 26.9 Å². The maximum atomic E-state index is 11.8. The zero-order valence-electron chi connectivity index (χ0n) is 12.8. The summed E-state index contributed by atoms with van der Waals surface area (Å²) >= 11 is 0. The number of ether oxygens (including phenoxy) is 2. The predicted octanol–water partition coefficient (Wildman–Crippen LogP) is 2.43. The van der Waals surface area contributed by atoms with Gasteiger partial charge in [0.25, 0.3) is 0 Å². The van der Waals surface area contributed by atoms with Gasteiger partial charge in [-0.2, -0.15) is 0 Å². The summed E-state index contributed by atoms with van der Waals surface area (Å²) in [5, 5.41) is 0. The Labute approximate surface area is 125 Å². The molecule has 0 amide bonds. The van der Waals surface area contributed by atoms with Crippen molar-refractivity contribution in [1.29, 1.82) is 0 Å². The molecule has 0 bridgehead atoms. The van der Waals surface area contributed by atoms with Crippen LogP contribution in [0.2, 0.25) is 0 Å². The number of carbonyl (C=O) groups is 1. The molecule has 3 rings (SSSR count). The monoisotopic (exact) mass is 287 g/mol. The van der Waals surface area contributed by atoms with Gasteiger partial charge in [0.1, 0.15) is 0 Å². The minimum absolute atomic E-state index is 0.249. The molecular formula is C17H21NO3. The van der Waals surface area contributed by atoms with Crippen molar-refractivity contribution >= 4 is 5.97 Å². The Bertz CT molecular complexity index is 577. The molecule has 2 aliphatic heterocycles. The molecule has 4 heteroatoms. The second kappa shape index (κ2) is 5.53. The lowest BCUT2D eigenvalue weighted by Crippen LogP contribution is -2.37. The fourth-order valence-electron chi connectivity index (χ4n) is 3.30. The number of benzene rings is 1. The van der Waals surface area contributed by atoms with Gasteiger partial charge in [0, 0.05) is 24.7 Å². The zero-order chi connectivity index (χ0) is 15.0. The average Bonchev–Trinajstić information content (AvgIpc) is 2.80. The highest BCUT2D eigenvalue weighted by molar-refractivity contribution is 5.86. The van der Waals surface area contributed by atoms with Crippen molar-refractivity contribution in [2.24, 2.45) is 0 Å². The van der Waals surface area contributed by atoms with E-state index in [1.54, 1.807) is 6.08 Å². The number of aryl methyl sites for hydroxylation is 3. The second-order valence-electron chi connectivity index (χ2n) is 5.80. The zero-order valence-corrected chi connectivity index (χ0v) is 12.8. The summed E-state index contributed by atoms with van der Waals surface area (Å²) < 4.78 is 11.0. The Morgan fingerprint density at radius 2 is 1.71 bits per heavy atom. The van der Waals surface area contributed by atoms with Crippen LogP contribution in [0, 0.1) is 20.8 Å². The van der Waals surface area contributed by atoms with Crippen LogP contribution in [0.15, 0.2) is 23.9 Å². The van der Waals surface area contributed by atoms with E-state index < -0.39 is 0 Å². The first-order chi connectivity index (χ1) is 10.1. The van der Waals surface area contributed by atoms with Gasteiger partial charge in [-0.1, -0.05) is 17.7 Å². The molecule has 0 aromatic heterocycles. The standard InChI is InChI=1S/C17H21NO3/c1-11-8-12(2)16(13(3)9-11)17-14(10-15(19)21-17)18-4-6-20-7-5-18/h8-10,17H,4-7H2,1-3H3. The summed E-state index contributed by atoms with van der Waals surface area (Å²) in [6.45, 7) is 9.26. The van der Waals surface area contributed by atoms with Gasteiger partial charge in [-0.3, -0.25) is 0 Å². The van der Waals surface area contributed by atoms with Crippen LogP contribution in [-0.2, 0) is 14.3 Å². The maximum Gasteiger partial charge on any atom is 0.333 e. The summed E-state index contributed by atoms with van der Waals surface area (Å²) in [7, 11) is 0. The second-order valence-corrected chi connectivity index (χ2v) is 5.80. The average molecular weight is 287 g/mol. The van der Waals surface area contributed by atoms with Gasteiger partial charge in [-0.05, 0) is 31.9 Å². The highest BCUT2D eigenvalue weighted by atomic mass is 16.5. The molecule has 0 radical (unpaired) electrons. The van der Waals surface area contributed by atoms with Crippen molar-refractivity contribution in [3.05, 3.63) is 46.2 Å². The van der Waals surface area contributed by atoms with Gasteiger partial charge in [0.05, 0.1) is 18.9 Å². The minimum Gasteiger partial charge on any atom is -0.448 e. The van der Waals surface area contributed by atoms with Crippen LogP contribution in [0.5, 0.6) is 0 Å². The van der Waals surface area contributed by atoms with E-state index in [0.717, 1.165) is 24.4 Å². The third kappa shape index (κ3) is 2.68. The predicted molar refractivity (Wildman–Crippen MR) is 80.0 cm³/mol. The highest BCUT2D eigenvalue weighted by Crippen LogP contribution is 2.37. The van der Waals surface area contributed by atoms with Gasteiger partial charge in [0.15, 0.2) is 6.10 Å². The molecule has 112 valence electrons. The molecule has 2 aliphatic rings. The first-order valence-electron chi connectivity index (χ1n) is 7.39. The van der Waals surface area contributed by atoms with E-state index in [2.05, 4.69) is 37.8 Å². The highest BCUT2D eigenvalue weighted by Gasteiger charge is 2.34. The molecule has 2 heterocycles. The molecule has 1 unspecified atom stereocenters. The third-order valence-electron chi connectivity index (χ3n) is 4.14. The lowest BCUT2D eigenvalue weighted by molar-refractivity contribution is -0.139. The van der Waals surface area contributed by atoms with Gasteiger partial charge < -0.3 is 14.4 Å². The molecule has 0 aliphatic carbocycles.